The van der Waals surface area contributed by atoms with Gasteiger partial charge in [0.1, 0.15) is 0 Å². The molecule has 4 nitrogen and oxygen atoms in total. The predicted octanol–water partition coefficient (Wildman–Crippen LogP) is 8.60. The van der Waals surface area contributed by atoms with Gasteiger partial charge in [-0.25, -0.2) is 0 Å². The molecule has 7 aromatic rings. The van der Waals surface area contributed by atoms with Gasteiger partial charge in [-0.1, -0.05) is 66.2 Å². The average molecular weight is 565 g/mol. The van der Waals surface area contributed by atoms with Crippen LogP contribution in [-0.4, -0.2) is 0 Å². The number of rotatable bonds is 2. The van der Waals surface area contributed by atoms with Crippen molar-refractivity contribution >= 4 is 43.1 Å². The second-order valence-corrected chi connectivity index (χ2v) is 10.5. The van der Waals surface area contributed by atoms with Crippen molar-refractivity contribution in [2.45, 2.75) is 13.1 Å². The van der Waals surface area contributed by atoms with Gasteiger partial charge in [0, 0.05) is 21.5 Å². The minimum absolute atomic E-state index is 0.411. The van der Waals surface area contributed by atoms with Crippen LogP contribution in [0.4, 0.5) is 13.2 Å². The highest BCUT2D eigenvalue weighted by Gasteiger charge is 2.30. The van der Waals surface area contributed by atoms with Gasteiger partial charge >= 0.3 is 6.18 Å². The Morgan fingerprint density at radius 3 is 1.49 bits per heavy atom. The lowest BCUT2D eigenvalue weighted by atomic mass is 10.00. The molecule has 0 atom stereocenters. The van der Waals surface area contributed by atoms with E-state index in [1.807, 2.05) is 67.8 Å². The van der Waals surface area contributed by atoms with Crippen LogP contribution in [0.5, 0.6) is 0 Å². The summed E-state index contributed by atoms with van der Waals surface area (Å²) in [6, 6.07) is 28.9. The third kappa shape index (κ3) is 4.22. The van der Waals surface area contributed by atoms with Gasteiger partial charge in [-0.3, -0.25) is 0 Å². The molecule has 0 aliphatic heterocycles. The van der Waals surface area contributed by atoms with Gasteiger partial charge in [-0.15, -0.1) is 0 Å². The molecule has 0 saturated heterocycles. The van der Waals surface area contributed by atoms with E-state index in [1.54, 1.807) is 18.2 Å². The smallest absolute Gasteiger partial charge is 0.172 e. The second-order valence-electron chi connectivity index (χ2n) is 10.5. The van der Waals surface area contributed by atoms with Gasteiger partial charge in [0.25, 0.3) is 0 Å². The third-order valence-corrected chi connectivity index (χ3v) is 8.00. The van der Waals surface area contributed by atoms with E-state index in [0.29, 0.717) is 32.6 Å². The maximum atomic E-state index is 13.4. The minimum atomic E-state index is -4.46. The fourth-order valence-electron chi connectivity index (χ4n) is 6.08. The van der Waals surface area contributed by atoms with Crippen LogP contribution in [0, 0.1) is 29.8 Å². The van der Waals surface area contributed by atoms with Crippen molar-refractivity contribution in [3.8, 4) is 34.6 Å². The van der Waals surface area contributed by atoms with Crippen LogP contribution in [-0.2, 0) is 6.18 Å². The summed E-state index contributed by atoms with van der Waals surface area (Å²) in [6.45, 7) is 2.04. The maximum Gasteiger partial charge on any atom is 0.416 e. The Balaban J connectivity index is 1.51. The Hall–Kier alpha value is -5.79. The highest BCUT2D eigenvalue weighted by atomic mass is 19.4. The number of nitriles is 2. The van der Waals surface area contributed by atoms with E-state index in [0.717, 1.165) is 61.1 Å². The van der Waals surface area contributed by atoms with Crippen LogP contribution in [0.15, 0.2) is 107 Å². The summed E-state index contributed by atoms with van der Waals surface area (Å²) in [4.78, 5) is 8.35. The molecular formula is C36H19F3N4. The monoisotopic (exact) mass is 564 g/mol. The van der Waals surface area contributed by atoms with Crippen LogP contribution < -0.4 is 10.7 Å². The Morgan fingerprint density at radius 2 is 0.977 bits per heavy atom. The molecule has 0 spiro atoms. The summed E-state index contributed by atoms with van der Waals surface area (Å²) < 4.78 is 40.2. The molecule has 0 heterocycles. The molecule has 204 valence electrons. The lowest BCUT2D eigenvalue weighted by Crippen LogP contribution is -2.04. The van der Waals surface area contributed by atoms with E-state index < -0.39 is 11.7 Å². The molecule has 0 unspecified atom stereocenters. The zero-order chi connectivity index (χ0) is 29.9. The zero-order valence-corrected chi connectivity index (χ0v) is 22.7. The van der Waals surface area contributed by atoms with Crippen molar-refractivity contribution in [3.63, 3.8) is 0 Å². The van der Waals surface area contributed by atoms with Gasteiger partial charge in [0.05, 0.1) is 16.3 Å². The van der Waals surface area contributed by atoms with Gasteiger partial charge in [-0.05, 0) is 87.1 Å². The summed E-state index contributed by atoms with van der Waals surface area (Å²) in [5.41, 5.74) is 3.47. The summed E-state index contributed by atoms with van der Waals surface area (Å²) in [6.07, 6.45) is -0.627. The largest absolute Gasteiger partial charge is 0.416 e. The molecule has 7 rings (SSSR count). The standard InChI is InChI=1S/C36H19F3N4/c1-20-4-2-5-21(12-20)23-8-10-26-28-16-29-27-11-9-24(22-6-3-7-25(13-22)36(37,38)39)15-31(27)35(43-19-41)33(29)17-32(28)34(42-18-40)30(26)14-23/h2-17H,1H3/b42-34+,43-35-. The molecule has 0 amide bonds. The number of hydrogen-bond donors (Lipinski definition) is 0. The van der Waals surface area contributed by atoms with Crippen molar-refractivity contribution in [1.82, 2.24) is 0 Å². The highest BCUT2D eigenvalue weighted by molar-refractivity contribution is 6.21. The molecule has 0 N–H and O–H groups in total. The molecule has 7 heteroatoms. The van der Waals surface area contributed by atoms with Crippen molar-refractivity contribution in [3.05, 3.63) is 119 Å². The summed E-state index contributed by atoms with van der Waals surface area (Å²) in [5.74, 6) is 0. The molecule has 0 aliphatic carbocycles. The van der Waals surface area contributed by atoms with Gasteiger partial charge in [-0.2, -0.15) is 33.7 Å². The van der Waals surface area contributed by atoms with Gasteiger partial charge in [0.15, 0.2) is 0 Å². The van der Waals surface area contributed by atoms with E-state index in [4.69, 9.17) is 0 Å². The molecule has 7 aromatic carbocycles. The van der Waals surface area contributed by atoms with Crippen molar-refractivity contribution in [2.24, 2.45) is 9.98 Å². The van der Waals surface area contributed by atoms with Crippen LogP contribution in [0.2, 0.25) is 0 Å². The molecular weight excluding hydrogens is 545 g/mol. The number of alkyl halides is 3. The first-order valence-corrected chi connectivity index (χ1v) is 13.4. The van der Waals surface area contributed by atoms with E-state index in [2.05, 4.69) is 22.1 Å². The Labute approximate surface area is 243 Å². The molecule has 0 aliphatic rings. The number of nitrogens with zero attached hydrogens (tertiary/aromatic N) is 4. The number of hydrogen-bond acceptors (Lipinski definition) is 4. The fraction of sp³-hybridized carbons (Fsp3) is 0.0556. The predicted molar refractivity (Wildman–Crippen MR) is 162 cm³/mol. The van der Waals surface area contributed by atoms with Crippen LogP contribution >= 0.6 is 0 Å². The number of halogens is 3. The molecule has 0 radical (unpaired) electrons. The Bertz CT molecular complexity index is 2480. The van der Waals surface area contributed by atoms with Crippen molar-refractivity contribution < 1.29 is 13.2 Å². The summed E-state index contributed by atoms with van der Waals surface area (Å²) >= 11 is 0. The molecule has 43 heavy (non-hydrogen) atoms. The SMILES string of the molecule is Cc1cccc(-c2ccc3c(c2)/c(=N\C#N)c2cc4/c(=N\C#N)c5cc(-c6cccc(C(F)(F)F)c6)ccc5c4cc23)c1. The molecule has 0 bridgehead atoms. The first-order valence-electron chi connectivity index (χ1n) is 13.4. The first-order chi connectivity index (χ1) is 20.8. The maximum absolute atomic E-state index is 13.4. The normalized spacial score (nSPS) is 12.9. The van der Waals surface area contributed by atoms with Crippen LogP contribution in [0.3, 0.4) is 0 Å². The molecule has 0 saturated carbocycles. The highest BCUT2D eigenvalue weighted by Crippen LogP contribution is 2.37. The number of fused-ring (bicyclic) bond motifs is 6. The second kappa shape index (κ2) is 9.65. The van der Waals surface area contributed by atoms with E-state index >= 15 is 0 Å². The Kier molecular flexibility index (Phi) is 5.86. The number of benzene rings is 5. The van der Waals surface area contributed by atoms with E-state index in [9.17, 15) is 23.7 Å². The van der Waals surface area contributed by atoms with E-state index in [-0.39, 0.29) is 0 Å². The Morgan fingerprint density at radius 1 is 0.512 bits per heavy atom. The average Bonchev–Trinajstić information content (AvgIpc) is 3.47. The van der Waals surface area contributed by atoms with Crippen molar-refractivity contribution in [1.29, 1.82) is 10.5 Å². The lowest BCUT2D eigenvalue weighted by Gasteiger charge is -2.09. The number of aryl methyl sites for hydroxylation is 1. The molecule has 0 aromatic heterocycles. The minimum Gasteiger partial charge on any atom is -0.172 e. The fourth-order valence-corrected chi connectivity index (χ4v) is 6.08. The molecule has 0 fully saturated rings. The summed E-state index contributed by atoms with van der Waals surface area (Å²) in [5, 5.41) is 26.7. The quantitative estimate of drug-likeness (QED) is 0.197. The van der Waals surface area contributed by atoms with Crippen molar-refractivity contribution in [2.75, 3.05) is 0 Å². The lowest BCUT2D eigenvalue weighted by molar-refractivity contribution is -0.137. The van der Waals surface area contributed by atoms with E-state index in [1.165, 1.54) is 6.07 Å². The zero-order valence-electron chi connectivity index (χ0n) is 22.7. The first kappa shape index (κ1) is 26.1. The van der Waals surface area contributed by atoms with Crippen LogP contribution in [0.1, 0.15) is 11.1 Å². The summed E-state index contributed by atoms with van der Waals surface area (Å²) in [7, 11) is 0. The third-order valence-electron chi connectivity index (χ3n) is 8.00. The van der Waals surface area contributed by atoms with Gasteiger partial charge < -0.3 is 0 Å². The van der Waals surface area contributed by atoms with Crippen LogP contribution in [0.25, 0.3) is 65.3 Å². The topological polar surface area (TPSA) is 72.3 Å². The van der Waals surface area contributed by atoms with Gasteiger partial charge in [0.2, 0.25) is 12.4 Å².